The summed E-state index contributed by atoms with van der Waals surface area (Å²) < 4.78 is 15.1. The molecule has 1 amide bonds. The lowest BCUT2D eigenvalue weighted by atomic mass is 9.80. The van der Waals surface area contributed by atoms with E-state index >= 15 is 0 Å². The first-order chi connectivity index (χ1) is 29.4. The van der Waals surface area contributed by atoms with Crippen molar-refractivity contribution < 1.29 is 18.9 Å². The predicted octanol–water partition coefficient (Wildman–Crippen LogP) is 5.40. The van der Waals surface area contributed by atoms with E-state index in [0.29, 0.717) is 46.4 Å². The number of fused-ring (bicyclic) bond motifs is 3. The van der Waals surface area contributed by atoms with Gasteiger partial charge in [-0.25, -0.2) is 15.0 Å². The molecule has 6 aromatic rings. The number of pyridine rings is 3. The first-order valence-electron chi connectivity index (χ1n) is 20.2. The van der Waals surface area contributed by atoms with Crippen LogP contribution < -0.4 is 32.1 Å². The summed E-state index contributed by atoms with van der Waals surface area (Å²) >= 11 is 1.59. The van der Waals surface area contributed by atoms with Crippen molar-refractivity contribution in [2.75, 3.05) is 22.1 Å². The molecule has 6 aromatic heterocycles. The molecule has 18 heteroatoms. The van der Waals surface area contributed by atoms with Crippen LogP contribution in [0.3, 0.4) is 0 Å². The largest absolute Gasteiger partial charge is 0.496 e. The van der Waals surface area contributed by atoms with Gasteiger partial charge in [-0.2, -0.15) is 0 Å². The number of rotatable bonds is 8. The number of carbonyl (C=O) groups is 2. The molecule has 1 aliphatic carbocycles. The van der Waals surface area contributed by atoms with Crippen LogP contribution in [0.4, 0.5) is 28.8 Å². The Morgan fingerprint density at radius 1 is 0.774 bits per heavy atom. The number of thiophene rings is 1. The second-order valence-corrected chi connectivity index (χ2v) is 18.5. The van der Waals surface area contributed by atoms with Gasteiger partial charge in [0.2, 0.25) is 0 Å². The topological polar surface area (TPSA) is 188 Å². The van der Waals surface area contributed by atoms with Crippen molar-refractivity contribution in [1.82, 2.24) is 34.1 Å². The summed E-state index contributed by atoms with van der Waals surface area (Å²) in [5.41, 5.74) is 4.40. The number of hydrogen-bond donors (Lipinski definition) is 2. The molecule has 0 bridgehead atoms. The molecule has 0 spiro atoms. The molecule has 3 aliphatic rings. The van der Waals surface area contributed by atoms with Crippen LogP contribution in [0.2, 0.25) is 0 Å². The number of aromatic nitrogens is 7. The zero-order chi connectivity index (χ0) is 44.1. The molecule has 1 fully saturated rings. The van der Waals surface area contributed by atoms with Crippen LogP contribution in [0.5, 0.6) is 0 Å². The van der Waals surface area contributed by atoms with Gasteiger partial charge in [0, 0.05) is 79.9 Å². The summed E-state index contributed by atoms with van der Waals surface area (Å²) in [6.07, 6.45) is 17.7. The molecule has 2 aliphatic heterocycles. The van der Waals surface area contributed by atoms with Crippen LogP contribution in [-0.2, 0) is 42.7 Å². The smallest absolute Gasteiger partial charge is 0.399 e. The Morgan fingerprint density at radius 3 is 1.98 bits per heavy atom. The van der Waals surface area contributed by atoms with Crippen molar-refractivity contribution in [3.63, 3.8) is 0 Å². The number of anilines is 5. The van der Waals surface area contributed by atoms with Crippen LogP contribution in [-0.4, -0.2) is 71.1 Å². The molecule has 0 aromatic carbocycles. The van der Waals surface area contributed by atoms with E-state index in [1.165, 1.54) is 37.5 Å². The van der Waals surface area contributed by atoms with Crippen LogP contribution in [0.25, 0.3) is 11.1 Å². The molecule has 1 saturated heterocycles. The number of carbonyl (C=O) groups excluding carboxylic acids is 2. The van der Waals surface area contributed by atoms with E-state index in [0.717, 1.165) is 35.9 Å². The van der Waals surface area contributed by atoms with Gasteiger partial charge in [-0.15, -0.1) is 11.3 Å². The SMILES string of the molecule is Cn1cc(-c2ccnc(N3CCc4c(sc5c4CC(C)(C)C5)C3=O)c2C=O)cc(Nc2cnccn2)c1=O.Cn1cc(B2OC(C)(C)C(C)(C)O2)cc(Nc2cnccn2)c1=O. The summed E-state index contributed by atoms with van der Waals surface area (Å²) in [5, 5.41) is 6.01. The first-order valence-corrected chi connectivity index (χ1v) is 21.0. The lowest BCUT2D eigenvalue weighted by Gasteiger charge is -2.32. The zero-order valence-electron chi connectivity index (χ0n) is 35.8. The molecule has 62 heavy (non-hydrogen) atoms. The molecule has 0 atom stereocenters. The maximum atomic E-state index is 13.7. The van der Waals surface area contributed by atoms with E-state index in [-0.39, 0.29) is 28.1 Å². The molecular weight excluding hydrogens is 807 g/mol. The van der Waals surface area contributed by atoms with Crippen LogP contribution >= 0.6 is 11.3 Å². The predicted molar refractivity (Wildman–Crippen MR) is 239 cm³/mol. The number of aldehydes is 1. The maximum Gasteiger partial charge on any atom is 0.496 e. The van der Waals surface area contributed by atoms with Gasteiger partial charge in [-0.1, -0.05) is 13.8 Å². The molecule has 2 N–H and O–H groups in total. The van der Waals surface area contributed by atoms with Crippen molar-refractivity contribution >= 4 is 64.9 Å². The average Bonchev–Trinajstić information content (AvgIpc) is 3.81. The highest BCUT2D eigenvalue weighted by molar-refractivity contribution is 7.14. The van der Waals surface area contributed by atoms with Gasteiger partial charge in [0.1, 0.15) is 28.8 Å². The fourth-order valence-corrected chi connectivity index (χ4v) is 9.47. The fraction of sp³-hybridized carbons (Fsp3) is 0.341. The number of nitrogens with one attached hydrogen (secondary N) is 2. The normalized spacial score (nSPS) is 16.9. The van der Waals surface area contributed by atoms with E-state index in [9.17, 15) is 19.2 Å². The van der Waals surface area contributed by atoms with E-state index in [1.54, 1.807) is 91.9 Å². The highest BCUT2D eigenvalue weighted by atomic mass is 32.1. The Hall–Kier alpha value is -6.37. The first kappa shape index (κ1) is 42.3. The molecule has 8 heterocycles. The van der Waals surface area contributed by atoms with Crippen molar-refractivity contribution in [2.24, 2.45) is 19.5 Å². The van der Waals surface area contributed by atoms with Gasteiger partial charge in [-0.3, -0.25) is 34.0 Å². The van der Waals surface area contributed by atoms with Crippen LogP contribution in [0.15, 0.2) is 83.6 Å². The standard InChI is InChI=1S/C28H26N6O3S.C16H21BN4O3/c1-28(2)11-19-18-5-9-34(27(37)24(18)38-22(19)12-28)25-20(15-35)17(4-6-31-25)16-10-21(26(36)33(3)14-16)32-23-13-29-7-8-30-23;1-15(2)16(3,4)24-17(23-15)11-8-12(14(22)21(5)10-11)20-13-9-18-6-7-19-13/h4,6-8,10,13-15H,5,9,11-12H2,1-3H3,(H,30,32);6-10H,1-5H3,(H,19,20). The number of amides is 1. The quantitative estimate of drug-likeness (QED) is 0.147. The van der Waals surface area contributed by atoms with E-state index < -0.39 is 18.3 Å². The lowest BCUT2D eigenvalue weighted by Crippen LogP contribution is -2.41. The molecule has 0 unspecified atom stereocenters. The summed E-state index contributed by atoms with van der Waals surface area (Å²) in [6.45, 7) is 13.0. The lowest BCUT2D eigenvalue weighted by molar-refractivity contribution is 0.00578. The summed E-state index contributed by atoms with van der Waals surface area (Å²) in [4.78, 5) is 75.8. The molecule has 0 saturated carbocycles. The third-order valence-corrected chi connectivity index (χ3v) is 13.0. The summed E-state index contributed by atoms with van der Waals surface area (Å²) in [7, 11) is 2.80. The molecular formula is C44H47BN10O6S. The van der Waals surface area contributed by atoms with Crippen molar-refractivity contribution in [2.45, 2.75) is 72.0 Å². The maximum absolute atomic E-state index is 13.7. The Bertz CT molecular complexity index is 2810. The third kappa shape index (κ3) is 8.08. The minimum Gasteiger partial charge on any atom is -0.399 e. The minimum atomic E-state index is -0.538. The minimum absolute atomic E-state index is 0.110. The Labute approximate surface area is 362 Å². The summed E-state index contributed by atoms with van der Waals surface area (Å²) in [5.74, 6) is 1.15. The van der Waals surface area contributed by atoms with Gasteiger partial charge in [-0.05, 0) is 87.3 Å². The number of aryl methyl sites for hydroxylation is 2. The summed E-state index contributed by atoms with van der Waals surface area (Å²) in [6, 6.07) is 5.13. The molecule has 16 nitrogen and oxygen atoms in total. The number of hydrogen-bond acceptors (Lipinski definition) is 14. The Morgan fingerprint density at radius 2 is 1.39 bits per heavy atom. The van der Waals surface area contributed by atoms with Crippen molar-refractivity contribution in [3.8, 4) is 11.1 Å². The average molecular weight is 855 g/mol. The van der Waals surface area contributed by atoms with Crippen molar-refractivity contribution in [1.29, 1.82) is 0 Å². The van der Waals surface area contributed by atoms with Gasteiger partial charge < -0.3 is 29.1 Å². The van der Waals surface area contributed by atoms with Crippen LogP contribution in [0, 0.1) is 5.41 Å². The number of nitrogens with zero attached hydrogens (tertiary/aromatic N) is 8. The second kappa shape index (κ2) is 16.2. The second-order valence-electron chi connectivity index (χ2n) is 17.4. The van der Waals surface area contributed by atoms with Gasteiger partial charge in [0.15, 0.2) is 6.29 Å². The van der Waals surface area contributed by atoms with E-state index in [4.69, 9.17) is 9.31 Å². The molecule has 9 rings (SSSR count). The Kier molecular flexibility index (Phi) is 11.0. The van der Waals surface area contributed by atoms with Crippen LogP contribution in [0.1, 0.15) is 77.6 Å². The third-order valence-electron chi connectivity index (χ3n) is 11.7. The fourth-order valence-electron chi connectivity index (χ4n) is 7.89. The van der Waals surface area contributed by atoms with Crippen molar-refractivity contribution in [3.05, 3.63) is 121 Å². The van der Waals surface area contributed by atoms with E-state index in [2.05, 4.69) is 49.4 Å². The highest BCUT2D eigenvalue weighted by Gasteiger charge is 2.52. The highest BCUT2D eigenvalue weighted by Crippen LogP contribution is 2.46. The van der Waals surface area contributed by atoms with Gasteiger partial charge in [0.25, 0.3) is 17.0 Å². The molecule has 318 valence electrons. The van der Waals surface area contributed by atoms with Gasteiger partial charge in [0.05, 0.1) is 34.0 Å². The van der Waals surface area contributed by atoms with E-state index in [1.807, 2.05) is 27.7 Å². The zero-order valence-corrected chi connectivity index (χ0v) is 36.7. The molecule has 0 radical (unpaired) electrons. The monoisotopic (exact) mass is 854 g/mol. The van der Waals surface area contributed by atoms with Gasteiger partial charge >= 0.3 is 7.12 Å². The Balaban J connectivity index is 0.000000190.